The first kappa shape index (κ1) is 17.7. The molecule has 0 amide bonds. The number of ether oxygens (including phenoxy) is 3. The summed E-state index contributed by atoms with van der Waals surface area (Å²) in [5.41, 5.74) is 0.477. The standard InChI is InChI=1S/C16H19F3O4/c1-2-10-5-6-12(15(19)14(10)18)11-8-21-16(22-9-11)23-13(20)4-3-7-17/h5-6,11,16H,2-4,7-9H2,1H3. The first-order valence-electron chi connectivity index (χ1n) is 7.52. The molecule has 0 aromatic heterocycles. The Morgan fingerprint density at radius 1 is 1.26 bits per heavy atom. The van der Waals surface area contributed by atoms with Crippen LogP contribution in [0.3, 0.4) is 0 Å². The average Bonchev–Trinajstić information content (AvgIpc) is 2.56. The molecule has 0 atom stereocenters. The Labute approximate surface area is 132 Å². The lowest BCUT2D eigenvalue weighted by Crippen LogP contribution is -2.34. The van der Waals surface area contributed by atoms with Crippen molar-refractivity contribution in [3.8, 4) is 0 Å². The van der Waals surface area contributed by atoms with Gasteiger partial charge in [-0.2, -0.15) is 0 Å². The van der Waals surface area contributed by atoms with Crippen LogP contribution in [-0.4, -0.2) is 32.3 Å². The van der Waals surface area contributed by atoms with Gasteiger partial charge in [0.25, 0.3) is 0 Å². The van der Waals surface area contributed by atoms with Crippen molar-refractivity contribution in [2.24, 2.45) is 0 Å². The zero-order chi connectivity index (χ0) is 16.8. The number of alkyl halides is 1. The van der Waals surface area contributed by atoms with Crippen molar-refractivity contribution in [2.45, 2.75) is 38.6 Å². The largest absolute Gasteiger partial charge is 0.410 e. The molecule has 0 bridgehead atoms. The molecule has 0 radical (unpaired) electrons. The maximum Gasteiger partial charge on any atom is 0.318 e. The van der Waals surface area contributed by atoms with Crippen molar-refractivity contribution in [1.29, 1.82) is 0 Å². The second-order valence-electron chi connectivity index (χ2n) is 5.23. The van der Waals surface area contributed by atoms with Gasteiger partial charge in [-0.15, -0.1) is 0 Å². The van der Waals surface area contributed by atoms with Crippen LogP contribution in [0.25, 0.3) is 0 Å². The van der Waals surface area contributed by atoms with E-state index in [9.17, 15) is 18.0 Å². The number of hydrogen-bond acceptors (Lipinski definition) is 4. The number of esters is 1. The number of carbonyl (C=O) groups is 1. The van der Waals surface area contributed by atoms with Crippen LogP contribution in [0.2, 0.25) is 0 Å². The maximum absolute atomic E-state index is 14.1. The predicted octanol–water partition coefficient (Wildman–Crippen LogP) is 3.23. The molecule has 1 aromatic carbocycles. The topological polar surface area (TPSA) is 44.8 Å². The zero-order valence-electron chi connectivity index (χ0n) is 12.8. The summed E-state index contributed by atoms with van der Waals surface area (Å²) >= 11 is 0. The van der Waals surface area contributed by atoms with Crippen molar-refractivity contribution in [3.05, 3.63) is 34.9 Å². The minimum atomic E-state index is -1.19. The monoisotopic (exact) mass is 332 g/mol. The number of rotatable bonds is 6. The van der Waals surface area contributed by atoms with Gasteiger partial charge in [-0.25, -0.2) is 8.78 Å². The molecule has 0 spiro atoms. The quantitative estimate of drug-likeness (QED) is 0.750. The van der Waals surface area contributed by atoms with Gasteiger partial charge >= 0.3 is 12.4 Å². The Balaban J connectivity index is 1.92. The third-order valence-corrected chi connectivity index (χ3v) is 3.62. The van der Waals surface area contributed by atoms with Gasteiger partial charge < -0.3 is 14.2 Å². The number of carbonyl (C=O) groups excluding carboxylic acids is 1. The summed E-state index contributed by atoms with van der Waals surface area (Å²) in [5.74, 6) is -2.88. The van der Waals surface area contributed by atoms with E-state index in [1.807, 2.05) is 0 Å². The Hall–Kier alpha value is -1.60. The van der Waals surface area contributed by atoms with Gasteiger partial charge in [-0.05, 0) is 24.0 Å². The van der Waals surface area contributed by atoms with Crippen LogP contribution in [0.5, 0.6) is 0 Å². The highest BCUT2D eigenvalue weighted by Crippen LogP contribution is 2.28. The van der Waals surface area contributed by atoms with Crippen LogP contribution in [0.15, 0.2) is 12.1 Å². The van der Waals surface area contributed by atoms with Crippen molar-refractivity contribution in [1.82, 2.24) is 0 Å². The first-order valence-corrected chi connectivity index (χ1v) is 7.52. The van der Waals surface area contributed by atoms with Crippen LogP contribution in [-0.2, 0) is 25.4 Å². The van der Waals surface area contributed by atoms with E-state index in [0.29, 0.717) is 12.0 Å². The molecule has 0 unspecified atom stereocenters. The zero-order valence-corrected chi connectivity index (χ0v) is 12.8. The summed E-state index contributed by atoms with van der Waals surface area (Å²) in [4.78, 5) is 11.3. The number of hydrogen-bond donors (Lipinski definition) is 0. The lowest BCUT2D eigenvalue weighted by atomic mass is 9.97. The Morgan fingerprint density at radius 3 is 2.57 bits per heavy atom. The molecule has 23 heavy (non-hydrogen) atoms. The summed E-state index contributed by atoms with van der Waals surface area (Å²) in [6.07, 6.45) is 0.404. The summed E-state index contributed by atoms with van der Waals surface area (Å²) in [6, 6.07) is 3.05. The van der Waals surface area contributed by atoms with Crippen LogP contribution in [0.4, 0.5) is 13.2 Å². The van der Waals surface area contributed by atoms with Crippen molar-refractivity contribution < 1.29 is 32.2 Å². The van der Waals surface area contributed by atoms with Crippen LogP contribution >= 0.6 is 0 Å². The molecule has 1 aromatic rings. The molecule has 1 saturated heterocycles. The van der Waals surface area contributed by atoms with Crippen molar-refractivity contribution in [3.63, 3.8) is 0 Å². The lowest BCUT2D eigenvalue weighted by Gasteiger charge is -2.29. The van der Waals surface area contributed by atoms with Gasteiger partial charge in [0.1, 0.15) is 0 Å². The van der Waals surface area contributed by atoms with Crippen molar-refractivity contribution in [2.75, 3.05) is 19.9 Å². The number of halogens is 3. The second kappa shape index (κ2) is 8.31. The van der Waals surface area contributed by atoms with E-state index < -0.39 is 36.7 Å². The smallest absolute Gasteiger partial charge is 0.318 e. The third kappa shape index (κ3) is 4.45. The Bertz CT molecular complexity index is 542. The predicted molar refractivity (Wildman–Crippen MR) is 75.5 cm³/mol. The van der Waals surface area contributed by atoms with E-state index >= 15 is 0 Å². The molecule has 1 fully saturated rings. The molecule has 1 heterocycles. The van der Waals surface area contributed by atoms with E-state index in [-0.39, 0.29) is 31.6 Å². The molecule has 0 saturated carbocycles. The van der Waals surface area contributed by atoms with Gasteiger partial charge in [0, 0.05) is 12.3 Å². The van der Waals surface area contributed by atoms with E-state index in [1.165, 1.54) is 12.1 Å². The van der Waals surface area contributed by atoms with E-state index in [0.717, 1.165) is 0 Å². The fourth-order valence-corrected chi connectivity index (χ4v) is 2.30. The molecule has 7 heteroatoms. The molecular weight excluding hydrogens is 313 g/mol. The summed E-state index contributed by atoms with van der Waals surface area (Å²) < 4.78 is 55.1. The average molecular weight is 332 g/mol. The van der Waals surface area contributed by atoms with E-state index in [1.54, 1.807) is 6.92 Å². The van der Waals surface area contributed by atoms with Gasteiger partial charge in [-0.3, -0.25) is 9.18 Å². The Morgan fingerprint density at radius 2 is 1.96 bits per heavy atom. The lowest BCUT2D eigenvalue weighted by molar-refractivity contribution is -0.301. The molecule has 0 aliphatic carbocycles. The minimum Gasteiger partial charge on any atom is -0.410 e. The highest BCUT2D eigenvalue weighted by molar-refractivity contribution is 5.69. The van der Waals surface area contributed by atoms with Gasteiger partial charge in [0.05, 0.1) is 19.9 Å². The third-order valence-electron chi connectivity index (χ3n) is 3.62. The van der Waals surface area contributed by atoms with Crippen LogP contribution in [0.1, 0.15) is 36.8 Å². The first-order chi connectivity index (χ1) is 11.1. The van der Waals surface area contributed by atoms with E-state index in [2.05, 4.69) is 0 Å². The normalized spacial score (nSPS) is 21.2. The molecule has 1 aliphatic heterocycles. The fourth-order valence-electron chi connectivity index (χ4n) is 2.30. The number of aryl methyl sites for hydroxylation is 1. The van der Waals surface area contributed by atoms with Gasteiger partial charge in [0.15, 0.2) is 11.6 Å². The van der Waals surface area contributed by atoms with Crippen LogP contribution < -0.4 is 0 Å². The van der Waals surface area contributed by atoms with Gasteiger partial charge in [-0.1, -0.05) is 19.1 Å². The Kier molecular flexibility index (Phi) is 6.41. The SMILES string of the molecule is CCc1ccc(C2COC(OC(=O)CCCF)OC2)c(F)c1F. The van der Waals surface area contributed by atoms with E-state index in [4.69, 9.17) is 14.2 Å². The van der Waals surface area contributed by atoms with Crippen molar-refractivity contribution >= 4 is 5.97 Å². The fraction of sp³-hybridized carbons (Fsp3) is 0.562. The molecule has 0 N–H and O–H groups in total. The summed E-state index contributed by atoms with van der Waals surface area (Å²) in [6.45, 7) is 0.00125. The number of benzene rings is 1. The molecular formula is C16H19F3O4. The highest BCUT2D eigenvalue weighted by atomic mass is 19.2. The molecule has 128 valence electrons. The molecule has 2 rings (SSSR count). The molecule has 4 nitrogen and oxygen atoms in total. The minimum absolute atomic E-state index is 0.0306. The second-order valence-corrected chi connectivity index (χ2v) is 5.23. The van der Waals surface area contributed by atoms with Crippen LogP contribution in [0, 0.1) is 11.6 Å². The summed E-state index contributed by atoms with van der Waals surface area (Å²) in [7, 11) is 0. The highest BCUT2D eigenvalue weighted by Gasteiger charge is 2.29. The maximum atomic E-state index is 14.1. The molecule has 1 aliphatic rings. The van der Waals surface area contributed by atoms with Gasteiger partial charge in [0.2, 0.25) is 0 Å². The summed E-state index contributed by atoms with van der Waals surface area (Å²) in [5, 5.41) is 0.